The number of hydrogen-bond acceptors (Lipinski definition) is 7. The number of aliphatic imine (C=N–C) groups is 3. The quantitative estimate of drug-likeness (QED) is 0.106. The Balaban J connectivity index is 1.69. The third-order valence-electron chi connectivity index (χ3n) is 9.06. The molecule has 0 amide bonds. The molecule has 0 unspecified atom stereocenters. The molecule has 3 aromatic rings. The number of aromatic nitrogens is 2. The van der Waals surface area contributed by atoms with Crippen LogP contribution in [-0.4, -0.2) is 60.6 Å². The van der Waals surface area contributed by atoms with Crippen molar-refractivity contribution >= 4 is 44.5 Å². The monoisotopic (exact) mass is 673 g/mol. The number of methoxy groups -OCH3 is 1. The largest absolute Gasteiger partial charge is 0.496 e. The van der Waals surface area contributed by atoms with Crippen molar-refractivity contribution < 1.29 is 4.74 Å². The van der Waals surface area contributed by atoms with Gasteiger partial charge in [-0.15, -0.1) is 0 Å². The van der Waals surface area contributed by atoms with Crippen molar-refractivity contribution in [3.8, 4) is 5.75 Å². The van der Waals surface area contributed by atoms with Crippen LogP contribution in [0.25, 0.3) is 0 Å². The van der Waals surface area contributed by atoms with Crippen LogP contribution in [0.1, 0.15) is 122 Å². The van der Waals surface area contributed by atoms with E-state index in [0.29, 0.717) is 17.5 Å². The van der Waals surface area contributed by atoms with Crippen LogP contribution in [-0.2, 0) is 0 Å². The second kappa shape index (κ2) is 19.5. The molecule has 1 aliphatic rings. The molecule has 0 N–H and O–H groups in total. The molecule has 3 heterocycles. The zero-order valence-corrected chi connectivity index (χ0v) is 31.5. The number of anilines is 2. The van der Waals surface area contributed by atoms with Crippen LogP contribution in [0.4, 0.5) is 15.7 Å². The van der Waals surface area contributed by atoms with Gasteiger partial charge in [0.25, 0.3) is 5.96 Å². The molecule has 4 rings (SSSR count). The number of benzene rings is 1. The molecule has 1 aliphatic heterocycles. The number of nitrogens with zero attached hydrogens (tertiary/aromatic N) is 7. The smallest absolute Gasteiger partial charge is 0.253 e. The molecule has 8 nitrogen and oxygen atoms in total. The summed E-state index contributed by atoms with van der Waals surface area (Å²) in [6, 6.07) is 12.8. The van der Waals surface area contributed by atoms with E-state index in [-0.39, 0.29) is 0 Å². The summed E-state index contributed by atoms with van der Waals surface area (Å²) in [6.45, 7) is 17.0. The summed E-state index contributed by atoms with van der Waals surface area (Å²) in [5, 5.41) is 6.81. The highest BCUT2D eigenvalue weighted by atomic mass is 32.1. The number of thiophene rings is 1. The average molecular weight is 674 g/mol. The molecule has 2 aromatic heterocycles. The number of hydrogen-bond donors (Lipinski definition) is 0. The van der Waals surface area contributed by atoms with Gasteiger partial charge in [0.1, 0.15) is 16.5 Å². The van der Waals surface area contributed by atoms with E-state index in [1.165, 1.54) is 87.7 Å². The van der Waals surface area contributed by atoms with E-state index < -0.39 is 0 Å². The first-order valence-corrected chi connectivity index (χ1v) is 19.3. The number of amidine groups is 1. The van der Waals surface area contributed by atoms with Gasteiger partial charge in [-0.3, -0.25) is 0 Å². The summed E-state index contributed by atoms with van der Waals surface area (Å²) >= 11 is 1.68. The predicted octanol–water partition coefficient (Wildman–Crippen LogP) is 10.4. The lowest BCUT2D eigenvalue weighted by Crippen LogP contribution is -2.26. The second-order valence-electron chi connectivity index (χ2n) is 12.8. The van der Waals surface area contributed by atoms with Gasteiger partial charge in [-0.05, 0) is 76.9 Å². The van der Waals surface area contributed by atoms with Gasteiger partial charge >= 0.3 is 0 Å². The lowest BCUT2D eigenvalue weighted by Gasteiger charge is -2.26. The third-order valence-corrected chi connectivity index (χ3v) is 10.1. The zero-order valence-electron chi connectivity index (χ0n) is 30.7. The van der Waals surface area contributed by atoms with E-state index in [4.69, 9.17) is 24.8 Å². The molecule has 262 valence electrons. The standard InChI is InChI=1S/C39H59N7OS/c1-8-12-14-16-18-20-26-45(27-21-19-17-15-13-9-2)32-22-23-34(47-7)33(29-32)37-38(40-35-24-25-36(48-35)44(10-3)11-4)42-39(41-37)46-31(6)28-30(5)43-46/h22-25,28-29H,8-21,26-27H2,1-7H3. The van der Waals surface area contributed by atoms with Gasteiger partial charge in [0.15, 0.2) is 5.84 Å². The van der Waals surface area contributed by atoms with Crippen LogP contribution in [0, 0.1) is 13.8 Å². The highest BCUT2D eigenvalue weighted by Gasteiger charge is 2.26. The van der Waals surface area contributed by atoms with Crippen LogP contribution in [0.15, 0.2) is 51.4 Å². The van der Waals surface area contributed by atoms with E-state index in [2.05, 4.69) is 67.8 Å². The zero-order chi connectivity index (χ0) is 34.3. The molecular formula is C39H59N7OS. The Labute approximate surface area is 294 Å². The number of aryl methyl sites for hydroxylation is 2. The van der Waals surface area contributed by atoms with E-state index in [1.807, 2.05) is 24.6 Å². The first-order chi connectivity index (χ1) is 23.4. The highest BCUT2D eigenvalue weighted by Crippen LogP contribution is 2.34. The Hall–Kier alpha value is -3.46. The Bertz CT molecular complexity index is 1500. The number of unbranched alkanes of at least 4 members (excludes halogenated alkanes) is 10. The van der Waals surface area contributed by atoms with Crippen molar-refractivity contribution in [2.24, 2.45) is 15.0 Å². The van der Waals surface area contributed by atoms with Gasteiger partial charge in [-0.2, -0.15) is 10.1 Å². The maximum Gasteiger partial charge on any atom is 0.253 e. The van der Waals surface area contributed by atoms with Crippen molar-refractivity contribution in [2.45, 2.75) is 119 Å². The molecule has 1 aromatic carbocycles. The van der Waals surface area contributed by atoms with Crippen LogP contribution < -0.4 is 14.5 Å². The molecule has 0 radical (unpaired) electrons. The van der Waals surface area contributed by atoms with E-state index in [9.17, 15) is 0 Å². The molecule has 0 bridgehead atoms. The van der Waals surface area contributed by atoms with E-state index >= 15 is 0 Å². The lowest BCUT2D eigenvalue weighted by atomic mass is 10.1. The third kappa shape index (κ3) is 10.3. The van der Waals surface area contributed by atoms with Crippen molar-refractivity contribution in [1.29, 1.82) is 0 Å². The van der Waals surface area contributed by atoms with Crippen molar-refractivity contribution in [3.05, 3.63) is 53.3 Å². The minimum atomic E-state index is 0.526. The maximum atomic E-state index is 5.96. The molecule has 0 fully saturated rings. The fourth-order valence-corrected chi connectivity index (χ4v) is 7.31. The van der Waals surface area contributed by atoms with E-state index in [1.54, 1.807) is 18.4 Å². The van der Waals surface area contributed by atoms with Crippen LogP contribution in [0.3, 0.4) is 0 Å². The molecule has 0 saturated heterocycles. The maximum absolute atomic E-state index is 5.96. The van der Waals surface area contributed by atoms with Crippen molar-refractivity contribution in [2.75, 3.05) is 43.1 Å². The average Bonchev–Trinajstić information content (AvgIpc) is 3.82. The minimum Gasteiger partial charge on any atom is -0.496 e. The second-order valence-corrected chi connectivity index (χ2v) is 13.9. The molecule has 0 atom stereocenters. The Morgan fingerprint density at radius 2 is 1.40 bits per heavy atom. The van der Waals surface area contributed by atoms with Gasteiger partial charge in [-0.25, -0.2) is 14.7 Å². The van der Waals surface area contributed by atoms with Crippen LogP contribution in [0.5, 0.6) is 5.75 Å². The Morgan fingerprint density at radius 3 is 1.98 bits per heavy atom. The summed E-state index contributed by atoms with van der Waals surface area (Å²) in [6.07, 6.45) is 15.5. The Kier molecular flexibility index (Phi) is 15.2. The fourth-order valence-electron chi connectivity index (χ4n) is 6.31. The predicted molar refractivity (Wildman–Crippen MR) is 208 cm³/mol. The van der Waals surface area contributed by atoms with Gasteiger partial charge in [0, 0.05) is 43.1 Å². The van der Waals surface area contributed by atoms with Gasteiger partial charge in [0.2, 0.25) is 0 Å². The first kappa shape index (κ1) is 37.4. The number of ether oxygens (including phenoxy) is 1. The number of rotatable bonds is 21. The molecule has 0 saturated carbocycles. The first-order valence-electron chi connectivity index (χ1n) is 18.5. The minimum absolute atomic E-state index is 0.526. The lowest BCUT2D eigenvalue weighted by molar-refractivity contribution is 0.414. The van der Waals surface area contributed by atoms with Crippen LogP contribution >= 0.6 is 11.3 Å². The van der Waals surface area contributed by atoms with E-state index in [0.717, 1.165) is 53.9 Å². The van der Waals surface area contributed by atoms with Crippen molar-refractivity contribution in [1.82, 2.24) is 9.78 Å². The molecule has 0 spiro atoms. The Morgan fingerprint density at radius 1 is 0.750 bits per heavy atom. The normalized spacial score (nSPS) is 13.7. The molecule has 0 aliphatic carbocycles. The fraction of sp³-hybridized carbons (Fsp3) is 0.590. The van der Waals surface area contributed by atoms with Gasteiger partial charge in [0.05, 0.1) is 17.8 Å². The summed E-state index contributed by atoms with van der Waals surface area (Å²) in [7, 11) is 1.73. The van der Waals surface area contributed by atoms with Crippen LogP contribution in [0.2, 0.25) is 0 Å². The molecular weight excluding hydrogens is 615 g/mol. The van der Waals surface area contributed by atoms with Gasteiger partial charge in [-0.1, -0.05) is 89.4 Å². The summed E-state index contributed by atoms with van der Waals surface area (Å²) in [4.78, 5) is 20.1. The summed E-state index contributed by atoms with van der Waals surface area (Å²) in [5.41, 5.74) is 4.74. The van der Waals surface area contributed by atoms with Crippen molar-refractivity contribution in [3.63, 3.8) is 0 Å². The SMILES string of the molecule is CCCCCCCCN(CCCCCCCC)c1ccc(OC)c(C2=NC(n3nc(C)cc3C)=NC2=Nc2ccc(N(CC)CC)s2)c1. The molecule has 9 heteroatoms. The summed E-state index contributed by atoms with van der Waals surface area (Å²) in [5.74, 6) is 1.88. The van der Waals surface area contributed by atoms with Gasteiger partial charge < -0.3 is 14.5 Å². The topological polar surface area (TPSA) is 70.6 Å². The summed E-state index contributed by atoms with van der Waals surface area (Å²) < 4.78 is 7.78. The molecule has 48 heavy (non-hydrogen) atoms. The highest BCUT2D eigenvalue weighted by molar-refractivity contribution is 7.19.